The van der Waals surface area contributed by atoms with Crippen LogP contribution in [0.15, 0.2) is 0 Å². The molecule has 1 N–H and O–H groups in total. The molecule has 4 rings (SSSR count). The van der Waals surface area contributed by atoms with Crippen LogP contribution < -0.4 is 0 Å². The highest BCUT2D eigenvalue weighted by molar-refractivity contribution is 7.88. The van der Waals surface area contributed by atoms with Gasteiger partial charge in [0, 0.05) is 6.54 Å². The van der Waals surface area contributed by atoms with Crippen LogP contribution in [0.2, 0.25) is 0 Å². The van der Waals surface area contributed by atoms with E-state index in [0.29, 0.717) is 4.31 Å². The maximum Gasteiger partial charge on any atom is 0.323 e. The fourth-order valence-electron chi connectivity index (χ4n) is 2.24. The first-order valence-electron chi connectivity index (χ1n) is 4.99. The van der Waals surface area contributed by atoms with E-state index < -0.39 is 39.1 Å². The van der Waals surface area contributed by atoms with Crippen LogP contribution >= 0.6 is 0 Å². The van der Waals surface area contributed by atoms with Crippen LogP contribution in [0.25, 0.3) is 0 Å². The number of aliphatic carboxylic acids is 1. The Balaban J connectivity index is 2.18. The Morgan fingerprint density at radius 1 is 0.944 bits per heavy atom. The van der Waals surface area contributed by atoms with Crippen LogP contribution in [-0.2, 0) is 25.2 Å². The topological polar surface area (TPSA) is 119 Å². The van der Waals surface area contributed by atoms with Crippen molar-refractivity contribution in [2.24, 2.45) is 0 Å². The van der Waals surface area contributed by atoms with Crippen molar-refractivity contribution in [2.75, 3.05) is 26.6 Å². The fourth-order valence-corrected chi connectivity index (χ4v) is 5.59. The maximum absolute atomic E-state index is 12.0. The SMILES string of the molecule is O=C(O)C1CN2CN3CN(CN1S3(=O)=O)S2(=O)=O. The minimum atomic E-state index is -3.91. The van der Waals surface area contributed by atoms with E-state index in [9.17, 15) is 21.6 Å². The number of fused-ring (bicyclic) bond motifs is 1. The number of hydrogen-bond donors (Lipinski definition) is 1. The largest absolute Gasteiger partial charge is 0.480 e. The Labute approximate surface area is 103 Å². The van der Waals surface area contributed by atoms with Crippen LogP contribution in [0.3, 0.4) is 0 Å². The molecule has 5 unspecified atom stereocenters. The highest BCUT2D eigenvalue weighted by Crippen LogP contribution is 2.32. The molecule has 5 atom stereocenters. The predicted molar refractivity (Wildman–Crippen MR) is 56.1 cm³/mol. The van der Waals surface area contributed by atoms with Gasteiger partial charge in [0.1, 0.15) is 6.04 Å². The Morgan fingerprint density at radius 3 is 2.11 bits per heavy atom. The molecule has 0 spiro atoms. The molecule has 0 amide bonds. The second-order valence-electron chi connectivity index (χ2n) is 4.22. The molecule has 10 nitrogen and oxygen atoms in total. The van der Waals surface area contributed by atoms with E-state index in [4.69, 9.17) is 5.11 Å². The van der Waals surface area contributed by atoms with Gasteiger partial charge in [-0.05, 0) is 0 Å². The highest BCUT2D eigenvalue weighted by atomic mass is 32.2. The first-order valence-corrected chi connectivity index (χ1v) is 7.79. The average molecular weight is 298 g/mol. The van der Waals surface area contributed by atoms with Gasteiger partial charge in [-0.2, -0.15) is 34.1 Å². The van der Waals surface area contributed by atoms with Crippen LogP contribution in [-0.4, -0.2) is 77.7 Å². The van der Waals surface area contributed by atoms with Crippen molar-refractivity contribution in [1.82, 2.24) is 17.2 Å². The van der Waals surface area contributed by atoms with Gasteiger partial charge in [-0.3, -0.25) is 4.79 Å². The monoisotopic (exact) mass is 298 g/mol. The molecule has 102 valence electrons. The molecule has 0 aromatic carbocycles. The molecule has 4 heterocycles. The Morgan fingerprint density at radius 2 is 1.50 bits per heavy atom. The quantitative estimate of drug-likeness (QED) is 0.553. The highest BCUT2D eigenvalue weighted by Gasteiger charge is 2.56. The molecule has 0 aliphatic carbocycles. The third-order valence-electron chi connectivity index (χ3n) is 3.21. The van der Waals surface area contributed by atoms with E-state index in [1.807, 2.05) is 0 Å². The summed E-state index contributed by atoms with van der Waals surface area (Å²) >= 11 is 0. The van der Waals surface area contributed by atoms with Crippen molar-refractivity contribution in [3.05, 3.63) is 0 Å². The lowest BCUT2D eigenvalue weighted by molar-refractivity contribution is -0.141. The van der Waals surface area contributed by atoms with Crippen LogP contribution in [0.4, 0.5) is 0 Å². The van der Waals surface area contributed by atoms with Gasteiger partial charge < -0.3 is 5.11 Å². The molecule has 18 heavy (non-hydrogen) atoms. The summed E-state index contributed by atoms with van der Waals surface area (Å²) in [6, 6.07) is -1.39. The molecule has 0 aromatic rings. The number of hydrogen-bond acceptors (Lipinski definition) is 5. The summed E-state index contributed by atoms with van der Waals surface area (Å²) in [6.45, 7) is -1.41. The lowest BCUT2D eigenvalue weighted by Gasteiger charge is -2.43. The van der Waals surface area contributed by atoms with E-state index in [1.54, 1.807) is 0 Å². The molecule has 4 fully saturated rings. The Hall–Kier alpha value is -0.790. The van der Waals surface area contributed by atoms with Gasteiger partial charge in [0.2, 0.25) is 0 Å². The molecule has 0 aromatic heterocycles. The first kappa shape index (κ1) is 12.3. The summed E-state index contributed by atoms with van der Waals surface area (Å²) in [5.74, 6) is -1.36. The second kappa shape index (κ2) is 3.40. The third kappa shape index (κ3) is 1.38. The van der Waals surface area contributed by atoms with Gasteiger partial charge in [0.15, 0.2) is 0 Å². The van der Waals surface area contributed by atoms with Crippen molar-refractivity contribution in [1.29, 1.82) is 0 Å². The minimum Gasteiger partial charge on any atom is -0.480 e. The molecule has 4 aliphatic heterocycles. The summed E-state index contributed by atoms with van der Waals surface area (Å²) in [4.78, 5) is 11.1. The molecular formula is C6H10N4O6S2. The maximum atomic E-state index is 12.0. The normalized spacial score (nSPS) is 47.7. The zero-order valence-electron chi connectivity index (χ0n) is 9.00. The smallest absolute Gasteiger partial charge is 0.323 e. The van der Waals surface area contributed by atoms with E-state index in [2.05, 4.69) is 0 Å². The van der Waals surface area contributed by atoms with Crippen LogP contribution in [0, 0.1) is 0 Å². The molecule has 12 heteroatoms. The van der Waals surface area contributed by atoms with E-state index in [0.717, 1.165) is 12.9 Å². The van der Waals surface area contributed by atoms with Crippen molar-refractivity contribution in [3.63, 3.8) is 0 Å². The predicted octanol–water partition coefficient (Wildman–Crippen LogP) is -2.95. The number of carbonyl (C=O) groups is 1. The van der Waals surface area contributed by atoms with Crippen molar-refractivity contribution >= 4 is 26.4 Å². The first-order chi connectivity index (χ1) is 8.24. The van der Waals surface area contributed by atoms with Crippen molar-refractivity contribution in [3.8, 4) is 0 Å². The number of rotatable bonds is 1. The molecular weight excluding hydrogens is 288 g/mol. The standard InChI is InChI=1S/C6H10N4O6S2/c11-6(12)5-1-7-2-8-3-9(17(7,13)14)4-10(5)18(8,15)16/h5H,1-4H2,(H,11,12). The van der Waals surface area contributed by atoms with Crippen molar-refractivity contribution in [2.45, 2.75) is 6.04 Å². The molecule has 4 aliphatic rings. The van der Waals surface area contributed by atoms with Crippen LogP contribution in [0.5, 0.6) is 0 Å². The number of nitrogens with zero attached hydrogens (tertiary/aromatic N) is 4. The second-order valence-corrected chi connectivity index (χ2v) is 8.03. The zero-order valence-corrected chi connectivity index (χ0v) is 10.6. The van der Waals surface area contributed by atoms with Gasteiger partial charge in [-0.25, -0.2) is 0 Å². The number of carboxylic acid groups (broad SMARTS) is 1. The van der Waals surface area contributed by atoms with Gasteiger partial charge in [-0.1, -0.05) is 0 Å². The summed E-state index contributed by atoms with van der Waals surface area (Å²) in [5.41, 5.74) is 0. The van der Waals surface area contributed by atoms with Crippen molar-refractivity contribution < 1.29 is 26.7 Å². The average Bonchev–Trinajstić information content (AvgIpc) is 2.37. The summed E-state index contributed by atoms with van der Waals surface area (Å²) in [5, 5.41) is 9.05. The van der Waals surface area contributed by atoms with E-state index >= 15 is 0 Å². The van der Waals surface area contributed by atoms with Gasteiger partial charge in [-0.15, -0.1) is 0 Å². The van der Waals surface area contributed by atoms with E-state index in [1.165, 1.54) is 0 Å². The van der Waals surface area contributed by atoms with Gasteiger partial charge >= 0.3 is 5.97 Å². The Kier molecular flexibility index (Phi) is 2.31. The lowest BCUT2D eigenvalue weighted by Crippen LogP contribution is -2.65. The Bertz CT molecular complexity index is 614. The molecule has 0 radical (unpaired) electrons. The summed E-state index contributed by atoms with van der Waals surface area (Å²) < 4.78 is 51.5. The van der Waals surface area contributed by atoms with Gasteiger partial charge in [0.05, 0.1) is 20.0 Å². The lowest BCUT2D eigenvalue weighted by atomic mass is 10.3. The summed E-state index contributed by atoms with van der Waals surface area (Å²) in [6.07, 6.45) is 0. The third-order valence-corrected chi connectivity index (χ3v) is 6.86. The molecule has 4 bridgehead atoms. The fraction of sp³-hybridized carbons (Fsp3) is 0.833. The molecule has 4 saturated heterocycles. The molecule has 0 saturated carbocycles. The zero-order chi connectivity index (χ0) is 13.3. The van der Waals surface area contributed by atoms with Crippen LogP contribution in [0.1, 0.15) is 0 Å². The number of carboxylic acids is 1. The minimum absolute atomic E-state index is 0.260. The van der Waals surface area contributed by atoms with Gasteiger partial charge in [0.25, 0.3) is 20.4 Å². The van der Waals surface area contributed by atoms with E-state index in [-0.39, 0.29) is 19.9 Å². The summed E-state index contributed by atoms with van der Waals surface area (Å²) in [7, 11) is -7.68.